The van der Waals surface area contributed by atoms with E-state index >= 15 is 0 Å². The van der Waals surface area contributed by atoms with Crippen molar-refractivity contribution in [3.05, 3.63) is 29.8 Å². The fraction of sp³-hybridized carbons (Fsp3) is 0.500. The molecule has 108 valence electrons. The summed E-state index contributed by atoms with van der Waals surface area (Å²) in [5, 5.41) is 8.74. The molecule has 0 aliphatic carbocycles. The van der Waals surface area contributed by atoms with E-state index in [0.717, 1.165) is 19.4 Å². The fourth-order valence-electron chi connectivity index (χ4n) is 2.49. The molecular formula is C14H19N3O2S. The van der Waals surface area contributed by atoms with Gasteiger partial charge in [0.15, 0.2) is 0 Å². The standard InChI is InChI=1S/C14H19N3O2S/c1-16-9-3-4-13(16)11-17(2)20(18,19)14-7-5-12(10-15)6-8-14/h5-8,13H,3-4,9,11H2,1-2H3. The van der Waals surface area contributed by atoms with Crippen LogP contribution in [-0.2, 0) is 10.0 Å². The van der Waals surface area contributed by atoms with E-state index in [1.807, 2.05) is 13.1 Å². The first-order chi connectivity index (χ1) is 9.45. The molecule has 0 N–H and O–H groups in total. The van der Waals surface area contributed by atoms with Crippen molar-refractivity contribution in [3.63, 3.8) is 0 Å². The van der Waals surface area contributed by atoms with Crippen LogP contribution < -0.4 is 0 Å². The number of likely N-dealkylation sites (N-methyl/N-ethyl adjacent to an activating group) is 2. The summed E-state index contributed by atoms with van der Waals surface area (Å²) in [6.07, 6.45) is 2.15. The van der Waals surface area contributed by atoms with Crippen molar-refractivity contribution in [1.29, 1.82) is 5.26 Å². The van der Waals surface area contributed by atoms with Crippen LogP contribution in [0.3, 0.4) is 0 Å². The van der Waals surface area contributed by atoms with Crippen LogP contribution in [0.4, 0.5) is 0 Å². The van der Waals surface area contributed by atoms with E-state index in [4.69, 9.17) is 5.26 Å². The van der Waals surface area contributed by atoms with Gasteiger partial charge in [0.05, 0.1) is 16.5 Å². The van der Waals surface area contributed by atoms with Gasteiger partial charge in [-0.05, 0) is 50.7 Å². The van der Waals surface area contributed by atoms with Crippen LogP contribution in [0, 0.1) is 11.3 Å². The highest BCUT2D eigenvalue weighted by Crippen LogP contribution is 2.20. The molecular weight excluding hydrogens is 274 g/mol. The minimum absolute atomic E-state index is 0.236. The van der Waals surface area contributed by atoms with E-state index in [-0.39, 0.29) is 10.9 Å². The quantitative estimate of drug-likeness (QED) is 0.838. The lowest BCUT2D eigenvalue weighted by molar-refractivity contribution is 0.271. The topological polar surface area (TPSA) is 64.4 Å². The molecule has 1 heterocycles. The van der Waals surface area contributed by atoms with Crippen LogP contribution >= 0.6 is 0 Å². The van der Waals surface area contributed by atoms with Crippen molar-refractivity contribution in [2.24, 2.45) is 0 Å². The Morgan fingerprint density at radius 1 is 1.40 bits per heavy atom. The molecule has 1 atom stereocenters. The van der Waals surface area contributed by atoms with Gasteiger partial charge in [-0.25, -0.2) is 8.42 Å². The predicted octanol–water partition coefficient (Wildman–Crippen LogP) is 1.27. The minimum atomic E-state index is -3.48. The molecule has 0 bridgehead atoms. The van der Waals surface area contributed by atoms with Gasteiger partial charge < -0.3 is 4.90 Å². The molecule has 1 aromatic carbocycles. The number of likely N-dealkylation sites (tertiary alicyclic amines) is 1. The number of benzene rings is 1. The molecule has 20 heavy (non-hydrogen) atoms. The summed E-state index contributed by atoms with van der Waals surface area (Å²) in [7, 11) is 0.161. The van der Waals surface area contributed by atoms with Gasteiger partial charge >= 0.3 is 0 Å². The van der Waals surface area contributed by atoms with Crippen LogP contribution in [0.1, 0.15) is 18.4 Å². The van der Waals surface area contributed by atoms with Gasteiger partial charge in [0, 0.05) is 19.6 Å². The summed E-state index contributed by atoms with van der Waals surface area (Å²) in [6, 6.07) is 8.31. The molecule has 0 radical (unpaired) electrons. The number of hydrogen-bond donors (Lipinski definition) is 0. The van der Waals surface area contributed by atoms with Crippen molar-refractivity contribution in [2.45, 2.75) is 23.8 Å². The molecule has 5 nitrogen and oxygen atoms in total. The molecule has 0 amide bonds. The third-order valence-corrected chi connectivity index (χ3v) is 5.67. The van der Waals surface area contributed by atoms with Gasteiger partial charge in [0.1, 0.15) is 0 Å². The van der Waals surface area contributed by atoms with Gasteiger partial charge in [-0.2, -0.15) is 9.57 Å². The Morgan fingerprint density at radius 2 is 2.05 bits per heavy atom. The molecule has 0 aromatic heterocycles. The van der Waals surface area contributed by atoms with Crippen molar-refractivity contribution >= 4 is 10.0 Å². The molecule has 0 saturated carbocycles. The van der Waals surface area contributed by atoms with Crippen LogP contribution in [0.25, 0.3) is 0 Å². The molecule has 2 rings (SSSR count). The summed E-state index contributed by atoms with van der Waals surface area (Å²) in [5.41, 5.74) is 0.460. The average molecular weight is 293 g/mol. The second kappa shape index (κ2) is 5.92. The van der Waals surface area contributed by atoms with Crippen molar-refractivity contribution in [3.8, 4) is 6.07 Å². The summed E-state index contributed by atoms with van der Waals surface area (Å²) in [5.74, 6) is 0. The van der Waals surface area contributed by atoms with Crippen molar-refractivity contribution < 1.29 is 8.42 Å². The zero-order valence-corrected chi connectivity index (χ0v) is 12.6. The van der Waals surface area contributed by atoms with Crippen molar-refractivity contribution in [1.82, 2.24) is 9.21 Å². The highest BCUT2D eigenvalue weighted by atomic mass is 32.2. The second-order valence-electron chi connectivity index (χ2n) is 5.20. The van der Waals surface area contributed by atoms with Gasteiger partial charge in [-0.3, -0.25) is 0 Å². The SMILES string of the molecule is CN1CCCC1CN(C)S(=O)(=O)c1ccc(C#N)cc1. The van der Waals surface area contributed by atoms with Gasteiger partial charge in [0.25, 0.3) is 0 Å². The fourth-order valence-corrected chi connectivity index (χ4v) is 3.69. The van der Waals surface area contributed by atoms with Crippen LogP contribution in [0.5, 0.6) is 0 Å². The van der Waals surface area contributed by atoms with E-state index in [9.17, 15) is 8.42 Å². The maximum absolute atomic E-state index is 12.5. The minimum Gasteiger partial charge on any atom is -0.302 e. The summed E-state index contributed by atoms with van der Waals surface area (Å²) < 4.78 is 26.3. The molecule has 1 aliphatic rings. The Hall–Kier alpha value is -1.42. The molecule has 0 spiro atoms. The Labute approximate surface area is 120 Å². The van der Waals surface area contributed by atoms with Crippen LogP contribution in [0.15, 0.2) is 29.2 Å². The Bertz CT molecular complexity index is 604. The number of nitrogens with zero attached hydrogens (tertiary/aromatic N) is 3. The van der Waals surface area contributed by atoms with Gasteiger partial charge in [0.2, 0.25) is 10.0 Å². The molecule has 1 fully saturated rings. The number of sulfonamides is 1. The van der Waals surface area contributed by atoms with E-state index in [0.29, 0.717) is 12.1 Å². The number of hydrogen-bond acceptors (Lipinski definition) is 4. The molecule has 1 aliphatic heterocycles. The Morgan fingerprint density at radius 3 is 2.55 bits per heavy atom. The molecule has 1 unspecified atom stereocenters. The monoisotopic (exact) mass is 293 g/mol. The van der Waals surface area contributed by atoms with Crippen LogP contribution in [-0.4, -0.2) is 50.8 Å². The summed E-state index contributed by atoms with van der Waals surface area (Å²) in [4.78, 5) is 2.43. The highest BCUT2D eigenvalue weighted by Gasteiger charge is 2.27. The summed E-state index contributed by atoms with van der Waals surface area (Å²) in [6.45, 7) is 1.52. The first kappa shape index (κ1) is 15.0. The van der Waals surface area contributed by atoms with E-state index in [1.165, 1.54) is 28.6 Å². The third kappa shape index (κ3) is 3.01. The number of rotatable bonds is 4. The van der Waals surface area contributed by atoms with E-state index in [2.05, 4.69) is 4.90 Å². The zero-order chi connectivity index (χ0) is 14.8. The largest absolute Gasteiger partial charge is 0.302 e. The zero-order valence-electron chi connectivity index (χ0n) is 11.8. The first-order valence-electron chi connectivity index (χ1n) is 6.62. The molecule has 6 heteroatoms. The first-order valence-corrected chi connectivity index (χ1v) is 8.06. The Kier molecular flexibility index (Phi) is 4.43. The average Bonchev–Trinajstić information content (AvgIpc) is 2.84. The maximum atomic E-state index is 12.5. The maximum Gasteiger partial charge on any atom is 0.242 e. The normalized spacial score (nSPS) is 20.2. The smallest absolute Gasteiger partial charge is 0.242 e. The third-order valence-electron chi connectivity index (χ3n) is 3.83. The molecule has 1 saturated heterocycles. The lowest BCUT2D eigenvalue weighted by atomic mass is 10.2. The number of nitriles is 1. The van der Waals surface area contributed by atoms with Gasteiger partial charge in [-0.1, -0.05) is 0 Å². The lowest BCUT2D eigenvalue weighted by Crippen LogP contribution is -2.39. The predicted molar refractivity (Wildman–Crippen MR) is 76.6 cm³/mol. The summed E-state index contributed by atoms with van der Waals surface area (Å²) >= 11 is 0. The highest BCUT2D eigenvalue weighted by molar-refractivity contribution is 7.89. The second-order valence-corrected chi connectivity index (χ2v) is 7.24. The lowest BCUT2D eigenvalue weighted by Gasteiger charge is -2.25. The van der Waals surface area contributed by atoms with E-state index in [1.54, 1.807) is 7.05 Å². The molecule has 1 aromatic rings. The van der Waals surface area contributed by atoms with Gasteiger partial charge in [-0.15, -0.1) is 0 Å². The van der Waals surface area contributed by atoms with Crippen LogP contribution in [0.2, 0.25) is 0 Å². The van der Waals surface area contributed by atoms with Crippen molar-refractivity contribution in [2.75, 3.05) is 27.2 Å². The Balaban J connectivity index is 2.14. The van der Waals surface area contributed by atoms with E-state index < -0.39 is 10.0 Å².